The molecule has 0 aliphatic carbocycles. The van der Waals surface area contributed by atoms with Gasteiger partial charge in [0, 0.05) is 27.1 Å². The van der Waals surface area contributed by atoms with Gasteiger partial charge in [0.05, 0.1) is 17.1 Å². The molecule has 3 aromatic rings. The second-order valence-corrected chi connectivity index (χ2v) is 6.13. The van der Waals surface area contributed by atoms with E-state index in [0.717, 1.165) is 16.5 Å². The number of benzene rings is 2. The summed E-state index contributed by atoms with van der Waals surface area (Å²) in [5.41, 5.74) is 2.35. The van der Waals surface area contributed by atoms with E-state index in [2.05, 4.69) is 10.3 Å². The summed E-state index contributed by atoms with van der Waals surface area (Å²) in [5, 5.41) is 5.28. The van der Waals surface area contributed by atoms with E-state index in [-0.39, 0.29) is 12.3 Å². The number of carbonyl (C=O) groups excluding carboxylic acids is 1. The molecule has 3 nitrogen and oxygen atoms in total. The molecule has 0 radical (unpaired) electrons. The monoisotopic (exact) mass is 352 g/mol. The molecule has 0 spiro atoms. The molecule has 0 aliphatic heterocycles. The third kappa shape index (κ3) is 3.22. The van der Waals surface area contributed by atoms with Gasteiger partial charge in [-0.2, -0.15) is 0 Å². The zero-order valence-electron chi connectivity index (χ0n) is 11.3. The molecular weight excluding hydrogens is 343 g/mol. The number of anilines is 1. The van der Waals surface area contributed by atoms with Gasteiger partial charge in [-0.1, -0.05) is 34.8 Å². The Bertz CT molecular complexity index is 858. The van der Waals surface area contributed by atoms with Crippen LogP contribution in [0.5, 0.6) is 0 Å². The first-order valence-electron chi connectivity index (χ1n) is 6.53. The third-order valence-corrected chi connectivity index (χ3v) is 4.07. The van der Waals surface area contributed by atoms with Crippen molar-refractivity contribution >= 4 is 57.3 Å². The highest BCUT2D eigenvalue weighted by molar-refractivity contribution is 6.36. The van der Waals surface area contributed by atoms with Crippen molar-refractivity contribution in [1.82, 2.24) is 4.98 Å². The number of fused-ring (bicyclic) bond motifs is 1. The Morgan fingerprint density at radius 3 is 2.55 bits per heavy atom. The minimum atomic E-state index is -0.162. The number of H-pyrrole nitrogens is 1. The summed E-state index contributed by atoms with van der Waals surface area (Å²) in [4.78, 5) is 15.3. The summed E-state index contributed by atoms with van der Waals surface area (Å²) in [5.74, 6) is -0.162. The van der Waals surface area contributed by atoms with Gasteiger partial charge in [0.2, 0.25) is 5.91 Å². The van der Waals surface area contributed by atoms with Gasteiger partial charge in [0.25, 0.3) is 0 Å². The highest BCUT2D eigenvalue weighted by Gasteiger charge is 2.11. The standard InChI is InChI=1S/C16H11Cl3N2O/c17-10-1-3-14-12(6-10)9(8-20-14)5-16(22)21-15-4-2-11(18)7-13(15)19/h1-4,6-8,20H,5H2,(H,21,22). The molecule has 0 bridgehead atoms. The van der Waals surface area contributed by atoms with Crippen molar-refractivity contribution < 1.29 is 4.79 Å². The Morgan fingerprint density at radius 2 is 1.77 bits per heavy atom. The topological polar surface area (TPSA) is 44.9 Å². The lowest BCUT2D eigenvalue weighted by Crippen LogP contribution is -2.14. The van der Waals surface area contributed by atoms with Crippen molar-refractivity contribution in [2.75, 3.05) is 5.32 Å². The molecule has 0 atom stereocenters. The fourth-order valence-electron chi connectivity index (χ4n) is 2.26. The smallest absolute Gasteiger partial charge is 0.228 e. The highest BCUT2D eigenvalue weighted by Crippen LogP contribution is 2.26. The maximum Gasteiger partial charge on any atom is 0.228 e. The molecule has 0 saturated heterocycles. The molecular formula is C16H11Cl3N2O. The maximum atomic E-state index is 12.2. The fourth-order valence-corrected chi connectivity index (χ4v) is 2.88. The summed E-state index contributed by atoms with van der Waals surface area (Å²) >= 11 is 17.9. The van der Waals surface area contributed by atoms with Gasteiger partial charge in [0.15, 0.2) is 0 Å². The molecule has 1 aromatic heterocycles. The Balaban J connectivity index is 1.79. The van der Waals surface area contributed by atoms with Crippen molar-refractivity contribution in [2.24, 2.45) is 0 Å². The molecule has 22 heavy (non-hydrogen) atoms. The van der Waals surface area contributed by atoms with Crippen molar-refractivity contribution in [3.05, 3.63) is 63.2 Å². The first-order chi connectivity index (χ1) is 10.5. The quantitative estimate of drug-likeness (QED) is 0.658. The van der Waals surface area contributed by atoms with Gasteiger partial charge in [-0.3, -0.25) is 4.79 Å². The van der Waals surface area contributed by atoms with Gasteiger partial charge in [-0.15, -0.1) is 0 Å². The van der Waals surface area contributed by atoms with Crippen molar-refractivity contribution in [2.45, 2.75) is 6.42 Å². The number of aromatic amines is 1. The molecule has 1 amide bonds. The predicted molar refractivity (Wildman–Crippen MR) is 92.1 cm³/mol. The zero-order valence-corrected chi connectivity index (χ0v) is 13.6. The Hall–Kier alpha value is -1.68. The van der Waals surface area contributed by atoms with Crippen LogP contribution in [0.3, 0.4) is 0 Å². The van der Waals surface area contributed by atoms with Gasteiger partial charge in [-0.25, -0.2) is 0 Å². The van der Waals surface area contributed by atoms with Crippen molar-refractivity contribution in [3.63, 3.8) is 0 Å². The first-order valence-corrected chi connectivity index (χ1v) is 7.67. The van der Waals surface area contributed by atoms with Gasteiger partial charge in [-0.05, 0) is 42.0 Å². The third-order valence-electron chi connectivity index (χ3n) is 3.29. The number of nitrogens with one attached hydrogen (secondary N) is 2. The molecule has 1 heterocycles. The zero-order chi connectivity index (χ0) is 15.7. The molecule has 112 valence electrons. The summed E-state index contributed by atoms with van der Waals surface area (Å²) in [6.07, 6.45) is 2.03. The van der Waals surface area contributed by atoms with Gasteiger partial charge < -0.3 is 10.3 Å². The molecule has 2 aromatic carbocycles. The molecule has 3 rings (SSSR count). The molecule has 0 fully saturated rings. The van der Waals surface area contributed by atoms with Crippen LogP contribution < -0.4 is 5.32 Å². The number of aromatic nitrogens is 1. The van der Waals surface area contributed by atoms with E-state index in [1.807, 2.05) is 18.3 Å². The van der Waals surface area contributed by atoms with E-state index >= 15 is 0 Å². The fraction of sp³-hybridized carbons (Fsp3) is 0.0625. The first kappa shape index (κ1) is 15.2. The normalized spacial score (nSPS) is 10.9. The SMILES string of the molecule is O=C(Cc1c[nH]c2ccc(Cl)cc12)Nc1ccc(Cl)cc1Cl. The highest BCUT2D eigenvalue weighted by atomic mass is 35.5. The predicted octanol–water partition coefficient (Wildman–Crippen LogP) is 5.31. The molecule has 0 saturated carbocycles. The minimum absolute atomic E-state index is 0.162. The molecule has 2 N–H and O–H groups in total. The van der Waals surface area contributed by atoms with Crippen LogP contribution in [0.25, 0.3) is 10.9 Å². The number of halogens is 3. The van der Waals surface area contributed by atoms with Crippen LogP contribution in [0.4, 0.5) is 5.69 Å². The largest absolute Gasteiger partial charge is 0.361 e. The average Bonchev–Trinajstić information content (AvgIpc) is 2.84. The van der Waals surface area contributed by atoms with E-state index < -0.39 is 0 Å². The summed E-state index contributed by atoms with van der Waals surface area (Å²) in [6.45, 7) is 0. The maximum absolute atomic E-state index is 12.2. The second kappa shape index (κ2) is 6.21. The van der Waals surface area contributed by atoms with Crippen LogP contribution in [0.1, 0.15) is 5.56 Å². The number of carbonyl (C=O) groups is 1. The van der Waals surface area contributed by atoms with E-state index in [0.29, 0.717) is 20.8 Å². The van der Waals surface area contributed by atoms with Gasteiger partial charge in [0.1, 0.15) is 0 Å². The molecule has 0 aliphatic rings. The van der Waals surface area contributed by atoms with Gasteiger partial charge >= 0.3 is 0 Å². The summed E-state index contributed by atoms with van der Waals surface area (Å²) in [7, 11) is 0. The number of amides is 1. The van der Waals surface area contributed by atoms with Crippen LogP contribution in [0.15, 0.2) is 42.6 Å². The van der Waals surface area contributed by atoms with Crippen LogP contribution in [0, 0.1) is 0 Å². The Labute approximate surface area is 142 Å². The average molecular weight is 354 g/mol. The van der Waals surface area contributed by atoms with Crippen molar-refractivity contribution in [1.29, 1.82) is 0 Å². The van der Waals surface area contributed by atoms with Crippen LogP contribution >= 0.6 is 34.8 Å². The van der Waals surface area contributed by atoms with E-state index in [1.165, 1.54) is 0 Å². The Morgan fingerprint density at radius 1 is 1.05 bits per heavy atom. The van der Waals surface area contributed by atoms with Crippen LogP contribution in [-0.4, -0.2) is 10.9 Å². The van der Waals surface area contributed by atoms with Crippen LogP contribution in [-0.2, 0) is 11.2 Å². The number of rotatable bonds is 3. The lowest BCUT2D eigenvalue weighted by Gasteiger charge is -2.07. The number of hydrogen-bond donors (Lipinski definition) is 2. The minimum Gasteiger partial charge on any atom is -0.361 e. The van der Waals surface area contributed by atoms with Crippen LogP contribution in [0.2, 0.25) is 15.1 Å². The lowest BCUT2D eigenvalue weighted by molar-refractivity contribution is -0.115. The second-order valence-electron chi connectivity index (χ2n) is 4.85. The van der Waals surface area contributed by atoms with E-state index in [4.69, 9.17) is 34.8 Å². The van der Waals surface area contributed by atoms with E-state index in [1.54, 1.807) is 24.3 Å². The summed E-state index contributed by atoms with van der Waals surface area (Å²) < 4.78 is 0. The molecule has 0 unspecified atom stereocenters. The molecule has 6 heteroatoms. The number of hydrogen-bond acceptors (Lipinski definition) is 1. The van der Waals surface area contributed by atoms with E-state index in [9.17, 15) is 4.79 Å². The lowest BCUT2D eigenvalue weighted by atomic mass is 10.1. The van der Waals surface area contributed by atoms with Crippen molar-refractivity contribution in [3.8, 4) is 0 Å². The summed E-state index contributed by atoms with van der Waals surface area (Å²) in [6, 6.07) is 10.5. The Kier molecular flexibility index (Phi) is 4.30.